The van der Waals surface area contributed by atoms with Crippen molar-refractivity contribution in [1.82, 2.24) is 14.8 Å². The smallest absolute Gasteiger partial charge is 0.418 e. The lowest BCUT2D eigenvalue weighted by molar-refractivity contribution is -0.142. The zero-order valence-corrected chi connectivity index (χ0v) is 17.6. The predicted molar refractivity (Wildman–Crippen MR) is 104 cm³/mol. The van der Waals surface area contributed by atoms with E-state index in [1.165, 1.54) is 4.90 Å². The molecule has 8 nitrogen and oxygen atoms in total. The van der Waals surface area contributed by atoms with E-state index in [9.17, 15) is 22.8 Å². The van der Waals surface area contributed by atoms with Crippen molar-refractivity contribution in [2.45, 2.75) is 38.6 Å². The maximum atomic E-state index is 12.9. The van der Waals surface area contributed by atoms with Crippen LogP contribution in [-0.4, -0.2) is 77.8 Å². The van der Waals surface area contributed by atoms with Gasteiger partial charge >= 0.3 is 12.3 Å². The molecule has 2 saturated heterocycles. The number of aromatic nitrogens is 1. The second-order valence-electron chi connectivity index (χ2n) is 9.07. The van der Waals surface area contributed by atoms with Gasteiger partial charge in [-0.2, -0.15) is 13.2 Å². The van der Waals surface area contributed by atoms with Gasteiger partial charge in [0.05, 0.1) is 17.5 Å². The molecular weight excluding hydrogens is 417 g/mol. The number of hydrogen-bond donors (Lipinski definition) is 0. The molecule has 11 heteroatoms. The van der Waals surface area contributed by atoms with Crippen LogP contribution in [0, 0.1) is 5.92 Å². The minimum atomic E-state index is -4.48. The van der Waals surface area contributed by atoms with E-state index in [1.807, 2.05) is 4.90 Å². The van der Waals surface area contributed by atoms with Crippen LogP contribution >= 0.6 is 0 Å². The number of alkyl halides is 3. The molecule has 0 N–H and O–H groups in total. The molecule has 0 aliphatic carbocycles. The number of likely N-dealkylation sites (tertiary alicyclic amines) is 1. The van der Waals surface area contributed by atoms with Gasteiger partial charge in [0.1, 0.15) is 12.2 Å². The highest BCUT2D eigenvalue weighted by Gasteiger charge is 2.43. The molecule has 0 bridgehead atoms. The molecule has 2 fully saturated rings. The van der Waals surface area contributed by atoms with E-state index in [0.717, 1.165) is 12.3 Å². The minimum absolute atomic E-state index is 0.0364. The van der Waals surface area contributed by atoms with Crippen LogP contribution in [0.1, 0.15) is 26.3 Å². The SMILES string of the molecule is CC(C)(C)OC(=O)N1CC(C(=O)N2CCN3c4ncc(C(F)(F)F)cc4OC[C@@H]3C2)C1. The Morgan fingerprint density at radius 2 is 1.84 bits per heavy atom. The number of ether oxygens (including phenoxy) is 2. The van der Waals surface area contributed by atoms with Crippen molar-refractivity contribution in [3.8, 4) is 5.75 Å². The Labute approximate surface area is 177 Å². The summed E-state index contributed by atoms with van der Waals surface area (Å²) >= 11 is 0. The molecule has 3 aliphatic rings. The average Bonchev–Trinajstić information content (AvgIpc) is 2.63. The summed E-state index contributed by atoms with van der Waals surface area (Å²) in [6.45, 7) is 7.45. The van der Waals surface area contributed by atoms with Crippen LogP contribution in [0.2, 0.25) is 0 Å². The summed E-state index contributed by atoms with van der Waals surface area (Å²) in [7, 11) is 0. The van der Waals surface area contributed by atoms with Gasteiger partial charge in [-0.25, -0.2) is 9.78 Å². The zero-order chi connectivity index (χ0) is 22.6. The summed E-state index contributed by atoms with van der Waals surface area (Å²) < 4.78 is 49.6. The van der Waals surface area contributed by atoms with Crippen molar-refractivity contribution in [2.75, 3.05) is 44.2 Å². The molecular formula is C20H25F3N4O4. The standard InChI is InChI=1S/C20H25F3N4O4/c1-19(2,3)31-18(29)26-8-12(9-26)17(28)25-4-5-27-14(10-25)11-30-15-6-13(20(21,22)23)7-24-16(15)27/h6-7,12,14H,4-5,8-11H2,1-3H3/t14-/m0/s1. The van der Waals surface area contributed by atoms with Crippen LogP contribution in [0.3, 0.4) is 0 Å². The van der Waals surface area contributed by atoms with Crippen LogP contribution in [0.25, 0.3) is 0 Å². The predicted octanol–water partition coefficient (Wildman–Crippen LogP) is 2.38. The van der Waals surface area contributed by atoms with Crippen LogP contribution in [-0.2, 0) is 15.7 Å². The number of piperazine rings is 1. The van der Waals surface area contributed by atoms with E-state index in [0.29, 0.717) is 38.5 Å². The van der Waals surface area contributed by atoms with Gasteiger partial charge in [-0.05, 0) is 26.8 Å². The maximum absolute atomic E-state index is 12.9. The van der Waals surface area contributed by atoms with Gasteiger partial charge in [0.25, 0.3) is 0 Å². The van der Waals surface area contributed by atoms with Gasteiger partial charge in [0.15, 0.2) is 11.6 Å². The van der Waals surface area contributed by atoms with E-state index in [-0.39, 0.29) is 30.2 Å². The van der Waals surface area contributed by atoms with Crippen molar-refractivity contribution in [3.63, 3.8) is 0 Å². The Hall–Kier alpha value is -2.72. The molecule has 0 unspecified atom stereocenters. The lowest BCUT2D eigenvalue weighted by atomic mass is 9.98. The van der Waals surface area contributed by atoms with Crippen LogP contribution < -0.4 is 9.64 Å². The van der Waals surface area contributed by atoms with Crippen LogP contribution in [0.4, 0.5) is 23.8 Å². The first-order chi connectivity index (χ1) is 14.4. The summed E-state index contributed by atoms with van der Waals surface area (Å²) in [5, 5.41) is 0. The monoisotopic (exact) mass is 442 g/mol. The molecule has 0 spiro atoms. The number of fused-ring (bicyclic) bond motifs is 3. The number of rotatable bonds is 1. The van der Waals surface area contributed by atoms with Crippen molar-refractivity contribution >= 4 is 17.8 Å². The summed E-state index contributed by atoms with van der Waals surface area (Å²) in [4.78, 5) is 34.0. The largest absolute Gasteiger partial charge is 0.487 e. The normalized spacial score (nSPS) is 21.6. The molecule has 170 valence electrons. The van der Waals surface area contributed by atoms with Crippen molar-refractivity contribution < 1.29 is 32.2 Å². The van der Waals surface area contributed by atoms with Gasteiger partial charge in [-0.3, -0.25) is 4.79 Å². The summed E-state index contributed by atoms with van der Waals surface area (Å²) in [5.41, 5.74) is -1.44. The molecule has 1 aromatic rings. The highest BCUT2D eigenvalue weighted by molar-refractivity contribution is 5.83. The van der Waals surface area contributed by atoms with E-state index >= 15 is 0 Å². The molecule has 4 rings (SSSR count). The second kappa shape index (κ2) is 7.45. The Kier molecular flexibility index (Phi) is 5.17. The fraction of sp³-hybridized carbons (Fsp3) is 0.650. The van der Waals surface area contributed by atoms with Gasteiger partial charge in [-0.1, -0.05) is 0 Å². The van der Waals surface area contributed by atoms with Crippen molar-refractivity contribution in [1.29, 1.82) is 0 Å². The first-order valence-electron chi connectivity index (χ1n) is 10.2. The van der Waals surface area contributed by atoms with E-state index in [1.54, 1.807) is 25.7 Å². The molecule has 3 aliphatic heterocycles. The Morgan fingerprint density at radius 1 is 1.13 bits per heavy atom. The van der Waals surface area contributed by atoms with Crippen LogP contribution in [0.5, 0.6) is 5.75 Å². The summed E-state index contributed by atoms with van der Waals surface area (Å²) in [5.74, 6) is 0.169. The molecule has 1 atom stereocenters. The molecule has 4 heterocycles. The quantitative estimate of drug-likeness (QED) is 0.665. The first-order valence-corrected chi connectivity index (χ1v) is 10.2. The Morgan fingerprint density at radius 3 is 2.48 bits per heavy atom. The molecule has 0 radical (unpaired) electrons. The number of anilines is 1. The molecule has 1 aromatic heterocycles. The number of amides is 2. The summed E-state index contributed by atoms with van der Waals surface area (Å²) in [6.07, 6.45) is -4.10. The number of hydrogen-bond acceptors (Lipinski definition) is 6. The topological polar surface area (TPSA) is 75.2 Å². The fourth-order valence-electron chi connectivity index (χ4n) is 3.95. The fourth-order valence-corrected chi connectivity index (χ4v) is 3.95. The average molecular weight is 442 g/mol. The maximum Gasteiger partial charge on any atom is 0.418 e. The number of carbonyl (C=O) groups excluding carboxylic acids is 2. The minimum Gasteiger partial charge on any atom is -0.487 e. The van der Waals surface area contributed by atoms with Gasteiger partial charge < -0.3 is 24.2 Å². The Bertz CT molecular complexity index is 880. The number of pyridine rings is 1. The third-order valence-corrected chi connectivity index (χ3v) is 5.54. The molecule has 2 amide bonds. The highest BCUT2D eigenvalue weighted by atomic mass is 19.4. The van der Waals surface area contributed by atoms with Gasteiger partial charge in [0, 0.05) is 38.9 Å². The second-order valence-corrected chi connectivity index (χ2v) is 9.07. The highest BCUT2D eigenvalue weighted by Crippen LogP contribution is 2.38. The van der Waals surface area contributed by atoms with E-state index in [2.05, 4.69) is 4.98 Å². The number of halogens is 3. The number of nitrogens with zero attached hydrogens (tertiary/aromatic N) is 4. The third kappa shape index (κ3) is 4.35. The zero-order valence-electron chi connectivity index (χ0n) is 17.6. The van der Waals surface area contributed by atoms with Crippen LogP contribution in [0.15, 0.2) is 12.3 Å². The van der Waals surface area contributed by atoms with Crippen molar-refractivity contribution in [2.24, 2.45) is 5.92 Å². The summed E-state index contributed by atoms with van der Waals surface area (Å²) in [6, 6.07) is 0.784. The third-order valence-electron chi connectivity index (χ3n) is 5.54. The van der Waals surface area contributed by atoms with Crippen molar-refractivity contribution in [3.05, 3.63) is 17.8 Å². The van der Waals surface area contributed by atoms with Gasteiger partial charge in [-0.15, -0.1) is 0 Å². The lowest BCUT2D eigenvalue weighted by Gasteiger charge is -2.47. The Balaban J connectivity index is 1.35. The van der Waals surface area contributed by atoms with E-state index in [4.69, 9.17) is 9.47 Å². The molecule has 0 saturated carbocycles. The number of carbonyl (C=O) groups is 2. The molecule has 31 heavy (non-hydrogen) atoms. The lowest BCUT2D eigenvalue weighted by Crippen LogP contribution is -2.63. The first kappa shape index (κ1) is 21.5. The molecule has 0 aromatic carbocycles. The van der Waals surface area contributed by atoms with E-state index < -0.39 is 23.4 Å². The van der Waals surface area contributed by atoms with Gasteiger partial charge in [0.2, 0.25) is 5.91 Å².